The van der Waals surface area contributed by atoms with Crippen molar-refractivity contribution < 1.29 is 28.0 Å². The van der Waals surface area contributed by atoms with Gasteiger partial charge in [0.2, 0.25) is 5.82 Å². The van der Waals surface area contributed by atoms with Crippen LogP contribution >= 0.6 is 7.82 Å². The summed E-state index contributed by atoms with van der Waals surface area (Å²) in [4.78, 5) is 42.0. The molecular formula is C9H12FN2O7P. The van der Waals surface area contributed by atoms with Crippen molar-refractivity contribution in [1.29, 1.82) is 0 Å². The van der Waals surface area contributed by atoms with E-state index in [1.54, 1.807) is 4.98 Å². The molecule has 0 spiro atoms. The van der Waals surface area contributed by atoms with Crippen molar-refractivity contribution in [3.8, 4) is 0 Å². The van der Waals surface area contributed by atoms with E-state index < -0.39 is 43.4 Å². The van der Waals surface area contributed by atoms with E-state index in [2.05, 4.69) is 4.52 Å². The van der Waals surface area contributed by atoms with Gasteiger partial charge in [0.15, 0.2) is 0 Å². The summed E-state index contributed by atoms with van der Waals surface area (Å²) in [7, 11) is -4.87. The van der Waals surface area contributed by atoms with Crippen LogP contribution in [0.3, 0.4) is 0 Å². The predicted molar refractivity (Wildman–Crippen MR) is 62.3 cm³/mol. The van der Waals surface area contributed by atoms with Crippen LogP contribution < -0.4 is 11.2 Å². The SMILES string of the molecule is O=c1[nH]c(=O)n([C@H]2CCCO2)c(COP(=O)(O)O)c1F. The molecule has 0 saturated carbocycles. The van der Waals surface area contributed by atoms with Gasteiger partial charge in [-0.1, -0.05) is 0 Å². The second-order valence-corrected chi connectivity index (χ2v) is 5.36. The Hall–Kier alpha value is -1.32. The normalized spacial score (nSPS) is 19.4. The Morgan fingerprint density at radius 2 is 2.20 bits per heavy atom. The van der Waals surface area contributed by atoms with Crippen LogP contribution in [0, 0.1) is 5.82 Å². The largest absolute Gasteiger partial charge is 0.469 e. The second kappa shape index (κ2) is 5.58. The third kappa shape index (κ3) is 3.22. The van der Waals surface area contributed by atoms with Crippen LogP contribution in [0.1, 0.15) is 24.8 Å². The quantitative estimate of drug-likeness (QED) is 0.644. The molecule has 0 bridgehead atoms. The van der Waals surface area contributed by atoms with Gasteiger partial charge in [-0.15, -0.1) is 0 Å². The van der Waals surface area contributed by atoms with Gasteiger partial charge in [0, 0.05) is 6.61 Å². The summed E-state index contributed by atoms with van der Waals surface area (Å²) >= 11 is 0. The maximum absolute atomic E-state index is 13.8. The third-order valence-corrected chi connectivity index (χ3v) is 3.21. The van der Waals surface area contributed by atoms with E-state index in [-0.39, 0.29) is 0 Å². The summed E-state index contributed by atoms with van der Waals surface area (Å²) < 4.78 is 34.6. The van der Waals surface area contributed by atoms with E-state index in [1.807, 2.05) is 0 Å². The molecule has 9 nitrogen and oxygen atoms in total. The van der Waals surface area contributed by atoms with Crippen molar-refractivity contribution in [2.75, 3.05) is 6.61 Å². The number of phosphoric acid groups is 1. The molecule has 1 saturated heterocycles. The number of ether oxygens (including phenoxy) is 1. The molecular weight excluding hydrogens is 298 g/mol. The number of nitrogens with zero attached hydrogens (tertiary/aromatic N) is 1. The number of rotatable bonds is 4. The topological polar surface area (TPSA) is 131 Å². The van der Waals surface area contributed by atoms with Gasteiger partial charge in [0.1, 0.15) is 12.8 Å². The van der Waals surface area contributed by atoms with Gasteiger partial charge in [0.05, 0.1) is 5.69 Å². The molecule has 1 aromatic rings. The lowest BCUT2D eigenvalue weighted by molar-refractivity contribution is 0.0451. The third-order valence-electron chi connectivity index (χ3n) is 2.75. The standard InChI is InChI=1S/C9H12FN2O7P/c10-7-5(4-19-20(15,16)17)12(6-2-1-3-18-6)9(14)11-8(7)13/h6H,1-4H2,(H,11,13,14)(H2,15,16,17)/t6-/m1/s1. The summed E-state index contributed by atoms with van der Waals surface area (Å²) in [5.41, 5.74) is -2.77. The number of aromatic amines is 1. The molecule has 11 heteroatoms. The molecule has 0 unspecified atom stereocenters. The molecule has 0 aromatic carbocycles. The zero-order valence-electron chi connectivity index (χ0n) is 10.1. The molecule has 1 aliphatic heterocycles. The lowest BCUT2D eigenvalue weighted by Gasteiger charge is -2.18. The average Bonchev–Trinajstić information content (AvgIpc) is 2.84. The lowest BCUT2D eigenvalue weighted by atomic mass is 10.3. The van der Waals surface area contributed by atoms with Gasteiger partial charge in [-0.3, -0.25) is 18.9 Å². The molecule has 1 atom stereocenters. The van der Waals surface area contributed by atoms with Crippen LogP contribution in [-0.4, -0.2) is 25.9 Å². The van der Waals surface area contributed by atoms with Crippen molar-refractivity contribution >= 4 is 7.82 Å². The predicted octanol–water partition coefficient (Wildman–Crippen LogP) is -0.406. The number of hydrogen-bond acceptors (Lipinski definition) is 5. The van der Waals surface area contributed by atoms with E-state index >= 15 is 0 Å². The van der Waals surface area contributed by atoms with Crippen LogP contribution in [0.5, 0.6) is 0 Å². The van der Waals surface area contributed by atoms with Gasteiger partial charge in [-0.05, 0) is 12.8 Å². The van der Waals surface area contributed by atoms with Crippen LogP contribution in [0.4, 0.5) is 4.39 Å². The van der Waals surface area contributed by atoms with Crippen molar-refractivity contribution in [2.45, 2.75) is 25.7 Å². The minimum atomic E-state index is -4.87. The number of H-pyrrole nitrogens is 1. The molecule has 0 radical (unpaired) electrons. The molecule has 2 heterocycles. The molecule has 2 rings (SSSR count). The second-order valence-electron chi connectivity index (χ2n) is 4.12. The van der Waals surface area contributed by atoms with E-state index in [1.165, 1.54) is 0 Å². The van der Waals surface area contributed by atoms with Crippen LogP contribution in [-0.2, 0) is 20.4 Å². The van der Waals surface area contributed by atoms with E-state index in [0.717, 1.165) is 4.57 Å². The number of nitrogens with one attached hydrogen (secondary N) is 1. The number of halogens is 1. The van der Waals surface area contributed by atoms with Crippen LogP contribution in [0.25, 0.3) is 0 Å². The fourth-order valence-corrected chi connectivity index (χ4v) is 2.21. The summed E-state index contributed by atoms with van der Waals surface area (Å²) in [6, 6.07) is 0. The number of aromatic nitrogens is 2. The highest BCUT2D eigenvalue weighted by Crippen LogP contribution is 2.37. The maximum atomic E-state index is 13.8. The maximum Gasteiger partial charge on any atom is 0.469 e. The molecule has 1 aromatic heterocycles. The first-order valence-electron chi connectivity index (χ1n) is 5.64. The van der Waals surface area contributed by atoms with E-state index in [4.69, 9.17) is 14.5 Å². The molecule has 3 N–H and O–H groups in total. The minimum absolute atomic E-state index is 0.358. The van der Waals surface area contributed by atoms with Crippen LogP contribution in [0.15, 0.2) is 9.59 Å². The molecule has 0 aliphatic carbocycles. The minimum Gasteiger partial charge on any atom is -0.358 e. The van der Waals surface area contributed by atoms with Gasteiger partial charge < -0.3 is 14.5 Å². The van der Waals surface area contributed by atoms with Gasteiger partial charge >= 0.3 is 13.5 Å². The fraction of sp³-hybridized carbons (Fsp3) is 0.556. The van der Waals surface area contributed by atoms with E-state index in [9.17, 15) is 18.5 Å². The van der Waals surface area contributed by atoms with Crippen LogP contribution in [0.2, 0.25) is 0 Å². The van der Waals surface area contributed by atoms with Gasteiger partial charge in [0.25, 0.3) is 5.56 Å². The Morgan fingerprint density at radius 1 is 1.50 bits per heavy atom. The molecule has 20 heavy (non-hydrogen) atoms. The van der Waals surface area contributed by atoms with Crippen molar-refractivity contribution in [2.24, 2.45) is 0 Å². The average molecular weight is 310 g/mol. The summed E-state index contributed by atoms with van der Waals surface area (Å²) in [6.45, 7) is -0.564. The fourth-order valence-electron chi connectivity index (χ4n) is 1.92. The summed E-state index contributed by atoms with van der Waals surface area (Å²) in [5, 5.41) is 0. The number of phosphoric ester groups is 1. The molecule has 0 amide bonds. The highest BCUT2D eigenvalue weighted by molar-refractivity contribution is 7.46. The Bertz CT molecular complexity index is 657. The van der Waals surface area contributed by atoms with Crippen molar-refractivity contribution in [1.82, 2.24) is 9.55 Å². The first-order chi connectivity index (χ1) is 9.29. The van der Waals surface area contributed by atoms with Gasteiger partial charge in [-0.25, -0.2) is 9.36 Å². The highest BCUT2D eigenvalue weighted by atomic mass is 31.2. The Labute approximate surface area is 111 Å². The Morgan fingerprint density at radius 3 is 2.75 bits per heavy atom. The summed E-state index contributed by atoms with van der Waals surface area (Å²) in [5.74, 6) is -1.34. The van der Waals surface area contributed by atoms with Crippen molar-refractivity contribution in [3.63, 3.8) is 0 Å². The Kier molecular flexibility index (Phi) is 4.21. The highest BCUT2D eigenvalue weighted by Gasteiger charge is 2.26. The Balaban J connectivity index is 2.48. The zero-order valence-corrected chi connectivity index (χ0v) is 11.0. The monoisotopic (exact) mass is 310 g/mol. The zero-order chi connectivity index (χ0) is 14.9. The summed E-state index contributed by atoms with van der Waals surface area (Å²) in [6.07, 6.45) is 0.245. The first-order valence-corrected chi connectivity index (χ1v) is 7.17. The molecule has 1 aliphatic rings. The molecule has 112 valence electrons. The lowest BCUT2D eigenvalue weighted by Crippen LogP contribution is -2.37. The number of hydrogen-bond donors (Lipinski definition) is 3. The smallest absolute Gasteiger partial charge is 0.358 e. The molecule has 1 fully saturated rings. The van der Waals surface area contributed by atoms with E-state index in [0.29, 0.717) is 19.4 Å². The first kappa shape index (κ1) is 15.1. The van der Waals surface area contributed by atoms with Crippen molar-refractivity contribution in [3.05, 3.63) is 32.3 Å². The van der Waals surface area contributed by atoms with Gasteiger partial charge in [-0.2, -0.15) is 4.39 Å².